The van der Waals surface area contributed by atoms with Gasteiger partial charge in [0.15, 0.2) is 18.5 Å². The van der Waals surface area contributed by atoms with Crippen LogP contribution < -0.4 is 10.5 Å². The van der Waals surface area contributed by atoms with Crippen LogP contribution in [0.25, 0.3) is 0 Å². The van der Waals surface area contributed by atoms with Gasteiger partial charge >= 0.3 is 11.7 Å². The number of esters is 1. The van der Waals surface area contributed by atoms with E-state index in [2.05, 4.69) is 4.74 Å². The van der Waals surface area contributed by atoms with E-state index >= 15 is 0 Å². The first kappa shape index (κ1) is 14.4. The van der Waals surface area contributed by atoms with E-state index in [1.54, 1.807) is 0 Å². The van der Waals surface area contributed by atoms with E-state index in [9.17, 15) is 19.7 Å². The van der Waals surface area contributed by atoms with Crippen molar-refractivity contribution in [3.63, 3.8) is 0 Å². The van der Waals surface area contributed by atoms with Crippen LogP contribution in [0.5, 0.6) is 5.75 Å². The lowest BCUT2D eigenvalue weighted by Gasteiger charge is -2.10. The third-order valence-electron chi connectivity index (χ3n) is 2.12. The second kappa shape index (κ2) is 6.34. The second-order valence-corrected chi connectivity index (χ2v) is 3.55. The van der Waals surface area contributed by atoms with Crippen molar-refractivity contribution in [3.8, 4) is 5.75 Å². The van der Waals surface area contributed by atoms with Crippen LogP contribution in [-0.4, -0.2) is 29.5 Å². The maximum Gasteiger partial charge on any atom is 0.344 e. The summed E-state index contributed by atoms with van der Waals surface area (Å²) in [5.74, 6) is -1.69. The van der Waals surface area contributed by atoms with Crippen LogP contribution in [0.15, 0.2) is 24.3 Å². The quantitative estimate of drug-likeness (QED) is 0.452. The molecular formula is C11H12N2O6. The standard InChI is InChI=1S/C11H12N2O6/c1-7(11(12)15)19-10(14)6-18-9-5-3-2-4-8(9)13(16)17/h2-5,7H,6H2,1H3,(H2,12,15)/t7-/m1/s1. The van der Waals surface area contributed by atoms with E-state index < -0.39 is 29.5 Å². The SMILES string of the molecule is C[C@@H](OC(=O)COc1ccccc1[N+](=O)[O-])C(N)=O. The third kappa shape index (κ3) is 4.26. The minimum atomic E-state index is -1.08. The lowest BCUT2D eigenvalue weighted by Crippen LogP contribution is -2.32. The summed E-state index contributed by atoms with van der Waals surface area (Å²) in [5, 5.41) is 10.7. The Morgan fingerprint density at radius 1 is 1.42 bits per heavy atom. The highest BCUT2D eigenvalue weighted by Gasteiger charge is 2.18. The molecule has 0 saturated heterocycles. The van der Waals surface area contributed by atoms with Crippen molar-refractivity contribution in [2.45, 2.75) is 13.0 Å². The van der Waals surface area contributed by atoms with E-state index in [-0.39, 0.29) is 11.4 Å². The second-order valence-electron chi connectivity index (χ2n) is 3.55. The van der Waals surface area contributed by atoms with E-state index in [1.807, 2.05) is 0 Å². The van der Waals surface area contributed by atoms with Crippen LogP contribution in [0.3, 0.4) is 0 Å². The Morgan fingerprint density at radius 2 is 2.05 bits per heavy atom. The molecule has 0 fully saturated rings. The number of primary amides is 1. The van der Waals surface area contributed by atoms with Gasteiger partial charge in [-0.05, 0) is 13.0 Å². The Labute approximate surface area is 108 Å². The topological polar surface area (TPSA) is 122 Å². The predicted octanol–water partition coefficient (Wildman–Crippen LogP) is 0.391. The Hall–Kier alpha value is -2.64. The zero-order chi connectivity index (χ0) is 14.4. The van der Waals surface area contributed by atoms with Gasteiger partial charge in [0.25, 0.3) is 5.91 Å². The fraction of sp³-hybridized carbons (Fsp3) is 0.273. The highest BCUT2D eigenvalue weighted by Crippen LogP contribution is 2.25. The molecule has 0 aliphatic heterocycles. The van der Waals surface area contributed by atoms with Gasteiger partial charge in [-0.2, -0.15) is 0 Å². The summed E-state index contributed by atoms with van der Waals surface area (Å²) in [7, 11) is 0. The molecule has 1 atom stereocenters. The van der Waals surface area contributed by atoms with Crippen LogP contribution >= 0.6 is 0 Å². The molecule has 1 rings (SSSR count). The molecule has 0 aliphatic rings. The first-order chi connectivity index (χ1) is 8.91. The lowest BCUT2D eigenvalue weighted by molar-refractivity contribution is -0.385. The average Bonchev–Trinajstić information content (AvgIpc) is 2.36. The largest absolute Gasteiger partial charge is 0.475 e. The Bertz CT molecular complexity index is 502. The molecule has 8 heteroatoms. The summed E-state index contributed by atoms with van der Waals surface area (Å²) < 4.78 is 9.60. The van der Waals surface area contributed by atoms with Crippen molar-refractivity contribution in [3.05, 3.63) is 34.4 Å². The smallest absolute Gasteiger partial charge is 0.344 e. The Morgan fingerprint density at radius 3 is 2.63 bits per heavy atom. The fourth-order valence-electron chi connectivity index (χ4n) is 1.16. The maximum atomic E-state index is 11.3. The number of nitrogens with two attached hydrogens (primary N) is 1. The Kier molecular flexibility index (Phi) is 4.81. The number of nitro groups is 1. The number of rotatable bonds is 6. The maximum absolute atomic E-state index is 11.3. The third-order valence-corrected chi connectivity index (χ3v) is 2.12. The van der Waals surface area contributed by atoms with Crippen molar-refractivity contribution in [1.82, 2.24) is 0 Å². The first-order valence-corrected chi connectivity index (χ1v) is 5.27. The van der Waals surface area contributed by atoms with E-state index in [1.165, 1.54) is 31.2 Å². The number of ether oxygens (including phenoxy) is 2. The molecule has 0 aromatic heterocycles. The predicted molar refractivity (Wildman–Crippen MR) is 63.3 cm³/mol. The number of nitrogens with zero attached hydrogens (tertiary/aromatic N) is 1. The number of hydrogen-bond donors (Lipinski definition) is 1. The van der Waals surface area contributed by atoms with Crippen LogP contribution in [-0.2, 0) is 14.3 Å². The van der Waals surface area contributed by atoms with Gasteiger partial charge in [0, 0.05) is 6.07 Å². The summed E-state index contributed by atoms with van der Waals surface area (Å²) in [6.45, 7) is 0.758. The minimum absolute atomic E-state index is 0.0591. The summed E-state index contributed by atoms with van der Waals surface area (Å²) in [5.41, 5.74) is 4.64. The minimum Gasteiger partial charge on any atom is -0.475 e. The molecule has 0 bridgehead atoms. The molecule has 0 spiro atoms. The molecule has 19 heavy (non-hydrogen) atoms. The van der Waals surface area contributed by atoms with E-state index in [4.69, 9.17) is 10.5 Å². The molecule has 0 saturated carbocycles. The highest BCUT2D eigenvalue weighted by atomic mass is 16.6. The van der Waals surface area contributed by atoms with Gasteiger partial charge in [0.1, 0.15) is 0 Å². The molecule has 1 aromatic rings. The van der Waals surface area contributed by atoms with Gasteiger partial charge in [-0.25, -0.2) is 4.79 Å². The van der Waals surface area contributed by atoms with Crippen LogP contribution in [0.4, 0.5) is 5.69 Å². The lowest BCUT2D eigenvalue weighted by atomic mass is 10.3. The number of hydrogen-bond acceptors (Lipinski definition) is 6. The van der Waals surface area contributed by atoms with Gasteiger partial charge < -0.3 is 15.2 Å². The number of amides is 1. The highest BCUT2D eigenvalue weighted by molar-refractivity contribution is 5.82. The van der Waals surface area contributed by atoms with E-state index in [0.29, 0.717) is 0 Å². The van der Waals surface area contributed by atoms with Gasteiger partial charge in [-0.3, -0.25) is 14.9 Å². The molecule has 2 N–H and O–H groups in total. The Balaban J connectivity index is 2.60. The van der Waals surface area contributed by atoms with Crippen molar-refractivity contribution in [2.24, 2.45) is 5.73 Å². The zero-order valence-corrected chi connectivity index (χ0v) is 10.1. The number of carbonyl (C=O) groups is 2. The summed E-state index contributed by atoms with van der Waals surface area (Å²) in [4.78, 5) is 32.0. The molecule has 1 amide bonds. The average molecular weight is 268 g/mol. The molecule has 102 valence electrons. The fourth-order valence-corrected chi connectivity index (χ4v) is 1.16. The van der Waals surface area contributed by atoms with Crippen molar-refractivity contribution in [1.29, 1.82) is 0 Å². The molecular weight excluding hydrogens is 256 g/mol. The summed E-state index contributed by atoms with van der Waals surface area (Å²) in [6, 6.07) is 5.59. The molecule has 0 aliphatic carbocycles. The monoisotopic (exact) mass is 268 g/mol. The zero-order valence-electron chi connectivity index (χ0n) is 10.1. The summed E-state index contributed by atoms with van der Waals surface area (Å²) >= 11 is 0. The number of para-hydroxylation sites is 2. The molecule has 0 heterocycles. The molecule has 0 unspecified atom stereocenters. The molecule has 0 radical (unpaired) electrons. The van der Waals surface area contributed by atoms with Gasteiger partial charge in [0.05, 0.1) is 4.92 Å². The van der Waals surface area contributed by atoms with Gasteiger partial charge in [-0.1, -0.05) is 12.1 Å². The van der Waals surface area contributed by atoms with E-state index in [0.717, 1.165) is 0 Å². The van der Waals surface area contributed by atoms with Gasteiger partial charge in [0.2, 0.25) is 0 Å². The molecule has 8 nitrogen and oxygen atoms in total. The molecule has 1 aromatic carbocycles. The van der Waals surface area contributed by atoms with Crippen molar-refractivity contribution in [2.75, 3.05) is 6.61 Å². The van der Waals surface area contributed by atoms with Crippen molar-refractivity contribution < 1.29 is 24.0 Å². The summed E-state index contributed by atoms with van der Waals surface area (Å²) in [6.07, 6.45) is -1.08. The number of nitro benzene ring substituents is 1. The number of benzene rings is 1. The van der Waals surface area contributed by atoms with Crippen LogP contribution in [0.2, 0.25) is 0 Å². The van der Waals surface area contributed by atoms with Crippen LogP contribution in [0.1, 0.15) is 6.92 Å². The first-order valence-electron chi connectivity index (χ1n) is 5.27. The normalized spacial score (nSPS) is 11.4. The number of carbonyl (C=O) groups excluding carboxylic acids is 2. The van der Waals surface area contributed by atoms with Gasteiger partial charge in [-0.15, -0.1) is 0 Å². The van der Waals surface area contributed by atoms with Crippen LogP contribution in [0, 0.1) is 10.1 Å². The van der Waals surface area contributed by atoms with Crippen molar-refractivity contribution >= 4 is 17.6 Å².